The molecule has 6 nitrogen and oxygen atoms in total. The van der Waals surface area contributed by atoms with Gasteiger partial charge in [-0.1, -0.05) is 6.08 Å². The van der Waals surface area contributed by atoms with E-state index in [1.165, 1.54) is 17.3 Å². The molecule has 3 rings (SSSR count). The van der Waals surface area contributed by atoms with Gasteiger partial charge in [0.2, 0.25) is 5.91 Å². The third kappa shape index (κ3) is 5.22. The summed E-state index contributed by atoms with van der Waals surface area (Å²) in [6, 6.07) is 11.7. The highest BCUT2D eigenvalue weighted by Crippen LogP contribution is 2.40. The number of carbonyl (C=O) groups excluding carboxylic acids is 1. The molecule has 0 fully saturated rings. The Morgan fingerprint density at radius 1 is 1.19 bits per heavy atom. The summed E-state index contributed by atoms with van der Waals surface area (Å²) in [7, 11) is 5.34. The van der Waals surface area contributed by atoms with Crippen molar-refractivity contribution in [2.24, 2.45) is 5.10 Å². The van der Waals surface area contributed by atoms with E-state index in [1.807, 2.05) is 36.4 Å². The van der Waals surface area contributed by atoms with Crippen LogP contribution < -0.4 is 19.8 Å². The number of amides is 1. The molecule has 0 bridgehead atoms. The highest BCUT2D eigenvalue weighted by molar-refractivity contribution is 8.00. The first kappa shape index (κ1) is 22.7. The Bertz CT molecular complexity index is 1010. The molecule has 1 amide bonds. The van der Waals surface area contributed by atoms with Gasteiger partial charge in [0.15, 0.2) is 0 Å². The zero-order valence-corrected chi connectivity index (χ0v) is 19.7. The van der Waals surface area contributed by atoms with E-state index in [4.69, 9.17) is 9.47 Å². The zero-order chi connectivity index (χ0) is 22.6. The van der Waals surface area contributed by atoms with Crippen molar-refractivity contribution < 1.29 is 14.3 Å². The van der Waals surface area contributed by atoms with Gasteiger partial charge in [-0.2, -0.15) is 5.10 Å². The summed E-state index contributed by atoms with van der Waals surface area (Å²) in [4.78, 5) is 15.4. The lowest BCUT2D eigenvalue weighted by atomic mass is 9.88. The highest BCUT2D eigenvalue weighted by atomic mass is 32.2. The van der Waals surface area contributed by atoms with Gasteiger partial charge in [-0.05, 0) is 56.7 Å². The second-order valence-electron chi connectivity index (χ2n) is 7.91. The van der Waals surface area contributed by atoms with E-state index in [0.29, 0.717) is 5.75 Å². The minimum Gasteiger partial charge on any atom is -0.497 e. The number of methoxy groups -OCH3 is 2. The van der Waals surface area contributed by atoms with Gasteiger partial charge in [0, 0.05) is 34.8 Å². The van der Waals surface area contributed by atoms with Crippen LogP contribution in [0.15, 0.2) is 52.5 Å². The molecule has 0 saturated carbocycles. The third-order valence-corrected chi connectivity index (χ3v) is 6.40. The molecule has 0 unspecified atom stereocenters. The molecule has 164 valence electrons. The Labute approximate surface area is 188 Å². The summed E-state index contributed by atoms with van der Waals surface area (Å²) in [5.74, 6) is 1.60. The fourth-order valence-electron chi connectivity index (χ4n) is 3.50. The van der Waals surface area contributed by atoms with E-state index in [2.05, 4.69) is 49.3 Å². The highest BCUT2D eigenvalue weighted by Gasteiger charge is 2.29. The van der Waals surface area contributed by atoms with Crippen molar-refractivity contribution in [3.8, 4) is 11.5 Å². The topological polar surface area (TPSA) is 63.2 Å². The molecule has 0 aliphatic carbocycles. The maximum atomic E-state index is 12.2. The lowest BCUT2D eigenvalue weighted by Crippen LogP contribution is -2.42. The van der Waals surface area contributed by atoms with Crippen LogP contribution in [0.5, 0.6) is 11.5 Å². The van der Waals surface area contributed by atoms with Crippen molar-refractivity contribution >= 4 is 35.1 Å². The van der Waals surface area contributed by atoms with Crippen LogP contribution >= 0.6 is 11.8 Å². The Morgan fingerprint density at radius 2 is 1.90 bits per heavy atom. The monoisotopic (exact) mass is 439 g/mol. The van der Waals surface area contributed by atoms with Crippen LogP contribution in [0.3, 0.4) is 0 Å². The summed E-state index contributed by atoms with van der Waals surface area (Å²) >= 11 is 1.44. The van der Waals surface area contributed by atoms with Crippen molar-refractivity contribution in [2.75, 3.05) is 31.9 Å². The maximum absolute atomic E-state index is 12.2. The van der Waals surface area contributed by atoms with E-state index < -0.39 is 0 Å². The quantitative estimate of drug-likeness (QED) is 0.389. The Kier molecular flexibility index (Phi) is 6.95. The molecule has 1 heterocycles. The number of hydrazone groups is 1. The lowest BCUT2D eigenvalue weighted by molar-refractivity contribution is -0.118. The molecule has 0 saturated heterocycles. The molecule has 1 N–H and O–H groups in total. The summed E-state index contributed by atoms with van der Waals surface area (Å²) in [6.07, 6.45) is 3.88. The van der Waals surface area contributed by atoms with E-state index >= 15 is 0 Å². The van der Waals surface area contributed by atoms with E-state index in [9.17, 15) is 4.79 Å². The van der Waals surface area contributed by atoms with Gasteiger partial charge >= 0.3 is 0 Å². The molecule has 0 radical (unpaired) electrons. The van der Waals surface area contributed by atoms with Crippen molar-refractivity contribution in [2.45, 2.75) is 31.2 Å². The summed E-state index contributed by atoms with van der Waals surface area (Å²) in [5, 5.41) is 4.14. The number of thioether (sulfide) groups is 1. The number of nitrogens with one attached hydrogen (secondary N) is 1. The molecule has 31 heavy (non-hydrogen) atoms. The zero-order valence-electron chi connectivity index (χ0n) is 18.9. The Hall–Kier alpha value is -2.93. The maximum Gasteiger partial charge on any atom is 0.250 e. The lowest BCUT2D eigenvalue weighted by Gasteiger charge is -2.40. The van der Waals surface area contributed by atoms with Crippen LogP contribution in [0.1, 0.15) is 31.9 Å². The smallest absolute Gasteiger partial charge is 0.250 e. The number of benzene rings is 2. The fraction of sp³-hybridized carbons (Fsp3) is 0.333. The standard InChI is InChI=1S/C24H29N3O3S/c1-16-13-24(2,3)27(4)21-12-22(30-6)17(11-20(16)21)14-25-26-23(28)15-31-19-9-7-18(29-5)8-10-19/h7-14H,15H2,1-6H3,(H,26,28)/b25-14+. The fourth-order valence-corrected chi connectivity index (χ4v) is 4.19. The number of allylic oxidation sites excluding steroid dienone is 1. The van der Waals surface area contributed by atoms with Gasteiger partial charge < -0.3 is 14.4 Å². The summed E-state index contributed by atoms with van der Waals surface area (Å²) in [5.41, 5.74) is 6.77. The minimum absolute atomic E-state index is 0.0762. The van der Waals surface area contributed by atoms with E-state index in [0.717, 1.165) is 27.5 Å². The van der Waals surface area contributed by atoms with Crippen molar-refractivity contribution in [3.63, 3.8) is 0 Å². The van der Waals surface area contributed by atoms with Crippen molar-refractivity contribution in [1.82, 2.24) is 5.43 Å². The number of hydrogen-bond donors (Lipinski definition) is 1. The predicted molar refractivity (Wildman–Crippen MR) is 129 cm³/mol. The van der Waals surface area contributed by atoms with Gasteiger partial charge in [-0.25, -0.2) is 5.43 Å². The van der Waals surface area contributed by atoms with Crippen LogP contribution in [0.2, 0.25) is 0 Å². The van der Waals surface area contributed by atoms with E-state index in [1.54, 1.807) is 20.4 Å². The number of anilines is 1. The third-order valence-electron chi connectivity index (χ3n) is 5.39. The molecular weight excluding hydrogens is 410 g/mol. The van der Waals surface area contributed by atoms with Crippen LogP contribution in [-0.2, 0) is 4.79 Å². The van der Waals surface area contributed by atoms with Crippen molar-refractivity contribution in [1.29, 1.82) is 0 Å². The number of likely N-dealkylation sites (N-methyl/N-ethyl adjacent to an activating group) is 1. The second kappa shape index (κ2) is 9.47. The number of nitrogens with zero attached hydrogens (tertiary/aromatic N) is 2. The Balaban J connectivity index is 1.67. The molecule has 1 aliphatic rings. The normalized spacial score (nSPS) is 14.8. The van der Waals surface area contributed by atoms with Crippen LogP contribution in [0, 0.1) is 0 Å². The average Bonchev–Trinajstić information content (AvgIpc) is 2.76. The predicted octanol–water partition coefficient (Wildman–Crippen LogP) is 4.58. The van der Waals surface area contributed by atoms with Crippen LogP contribution in [-0.4, -0.2) is 44.7 Å². The van der Waals surface area contributed by atoms with Gasteiger partial charge in [0.25, 0.3) is 0 Å². The number of rotatable bonds is 7. The molecule has 0 spiro atoms. The van der Waals surface area contributed by atoms with Crippen LogP contribution in [0.25, 0.3) is 5.57 Å². The largest absolute Gasteiger partial charge is 0.497 e. The average molecular weight is 440 g/mol. The van der Waals surface area contributed by atoms with Gasteiger partial charge in [0.05, 0.1) is 31.7 Å². The molecule has 1 aliphatic heterocycles. The van der Waals surface area contributed by atoms with Crippen LogP contribution in [0.4, 0.5) is 5.69 Å². The summed E-state index contributed by atoms with van der Waals surface area (Å²) in [6.45, 7) is 6.47. The number of fused-ring (bicyclic) bond motifs is 1. The first-order chi connectivity index (χ1) is 14.7. The SMILES string of the molecule is COc1ccc(SCC(=O)N/N=C/c2cc3c(cc2OC)N(C)C(C)(C)C=C3C)cc1. The van der Waals surface area contributed by atoms with Gasteiger partial charge in [-0.3, -0.25) is 4.79 Å². The minimum atomic E-state index is -0.174. The Morgan fingerprint density at radius 3 is 2.55 bits per heavy atom. The molecule has 2 aromatic carbocycles. The van der Waals surface area contributed by atoms with Gasteiger partial charge in [0.1, 0.15) is 11.5 Å². The number of ether oxygens (including phenoxy) is 2. The number of carbonyl (C=O) groups is 1. The molecule has 0 atom stereocenters. The first-order valence-electron chi connectivity index (χ1n) is 9.99. The molecule has 0 aromatic heterocycles. The summed E-state index contributed by atoms with van der Waals surface area (Å²) < 4.78 is 10.7. The first-order valence-corrected chi connectivity index (χ1v) is 11.0. The van der Waals surface area contributed by atoms with Crippen molar-refractivity contribution in [3.05, 3.63) is 53.6 Å². The molecule has 2 aromatic rings. The second-order valence-corrected chi connectivity index (χ2v) is 8.96. The van der Waals surface area contributed by atoms with Gasteiger partial charge in [-0.15, -0.1) is 11.8 Å². The molecule has 7 heteroatoms. The number of hydrogen-bond acceptors (Lipinski definition) is 6. The molecular formula is C24H29N3O3S. The van der Waals surface area contributed by atoms with E-state index in [-0.39, 0.29) is 17.2 Å².